The Bertz CT molecular complexity index is 458. The zero-order valence-corrected chi connectivity index (χ0v) is 12.9. The van der Waals surface area contributed by atoms with E-state index in [0.29, 0.717) is 19.0 Å². The van der Waals surface area contributed by atoms with E-state index < -0.39 is 0 Å². The maximum Gasteiger partial charge on any atom is 0.224 e. The third-order valence-electron chi connectivity index (χ3n) is 3.96. The SMILES string of the molecule is Cc1cnc(CN(C)C(=O)C[C@@H]2CN(C)CCN2C)[nH]1. The van der Waals surface area contributed by atoms with Crippen LogP contribution in [-0.2, 0) is 11.3 Å². The molecule has 0 spiro atoms. The number of carbonyl (C=O) groups excluding carboxylic acids is 1. The van der Waals surface area contributed by atoms with E-state index >= 15 is 0 Å². The molecule has 2 rings (SSSR count). The van der Waals surface area contributed by atoms with Crippen LogP contribution >= 0.6 is 0 Å². The molecule has 0 radical (unpaired) electrons. The smallest absolute Gasteiger partial charge is 0.224 e. The number of nitrogens with one attached hydrogen (secondary N) is 1. The van der Waals surface area contributed by atoms with Crippen molar-refractivity contribution in [2.75, 3.05) is 40.8 Å². The summed E-state index contributed by atoms with van der Waals surface area (Å²) in [6.07, 6.45) is 2.36. The average molecular weight is 279 g/mol. The number of likely N-dealkylation sites (N-methyl/N-ethyl adjacent to an activating group) is 2. The van der Waals surface area contributed by atoms with Crippen LogP contribution in [0.25, 0.3) is 0 Å². The van der Waals surface area contributed by atoms with Gasteiger partial charge in [0.15, 0.2) is 0 Å². The molecule has 0 saturated carbocycles. The van der Waals surface area contributed by atoms with Crippen molar-refractivity contribution in [1.29, 1.82) is 0 Å². The zero-order valence-electron chi connectivity index (χ0n) is 12.9. The van der Waals surface area contributed by atoms with Crippen molar-refractivity contribution in [2.24, 2.45) is 0 Å². The molecular formula is C14H25N5O. The number of amides is 1. The quantitative estimate of drug-likeness (QED) is 0.862. The number of carbonyl (C=O) groups is 1. The number of H-pyrrole nitrogens is 1. The molecule has 112 valence electrons. The van der Waals surface area contributed by atoms with E-state index in [2.05, 4.69) is 33.9 Å². The number of imidazole rings is 1. The number of rotatable bonds is 4. The van der Waals surface area contributed by atoms with E-state index in [4.69, 9.17) is 0 Å². The first-order chi connectivity index (χ1) is 9.45. The highest BCUT2D eigenvalue weighted by Gasteiger charge is 2.25. The molecule has 2 heterocycles. The Hall–Kier alpha value is -1.40. The Morgan fingerprint density at radius 2 is 2.25 bits per heavy atom. The van der Waals surface area contributed by atoms with Gasteiger partial charge in [-0.25, -0.2) is 4.98 Å². The lowest BCUT2D eigenvalue weighted by molar-refractivity contribution is -0.132. The van der Waals surface area contributed by atoms with Gasteiger partial charge >= 0.3 is 0 Å². The van der Waals surface area contributed by atoms with E-state index in [1.165, 1.54) is 0 Å². The number of aromatic amines is 1. The molecule has 1 aromatic heterocycles. The van der Waals surface area contributed by atoms with Crippen LogP contribution in [-0.4, -0.2) is 77.4 Å². The summed E-state index contributed by atoms with van der Waals surface area (Å²) in [6.45, 7) is 5.55. The van der Waals surface area contributed by atoms with Crippen LogP contribution in [0, 0.1) is 6.92 Å². The Kier molecular flexibility index (Phi) is 4.77. The highest BCUT2D eigenvalue weighted by Crippen LogP contribution is 2.11. The van der Waals surface area contributed by atoms with Gasteiger partial charge in [0.1, 0.15) is 5.82 Å². The van der Waals surface area contributed by atoms with E-state index in [9.17, 15) is 4.79 Å². The molecule has 1 atom stereocenters. The van der Waals surface area contributed by atoms with Crippen LogP contribution in [0.4, 0.5) is 0 Å². The van der Waals surface area contributed by atoms with Gasteiger partial charge < -0.3 is 19.7 Å². The molecule has 0 bridgehead atoms. The molecule has 6 nitrogen and oxygen atoms in total. The van der Waals surface area contributed by atoms with Gasteiger partial charge in [-0.1, -0.05) is 0 Å². The molecule has 6 heteroatoms. The number of nitrogens with zero attached hydrogens (tertiary/aromatic N) is 4. The zero-order chi connectivity index (χ0) is 14.7. The fourth-order valence-electron chi connectivity index (χ4n) is 2.54. The average Bonchev–Trinajstić information content (AvgIpc) is 2.79. The van der Waals surface area contributed by atoms with E-state index in [1.807, 2.05) is 14.0 Å². The maximum atomic E-state index is 12.3. The van der Waals surface area contributed by atoms with Crippen LogP contribution in [0.5, 0.6) is 0 Å². The monoisotopic (exact) mass is 279 g/mol. The second kappa shape index (κ2) is 6.37. The van der Waals surface area contributed by atoms with Crippen LogP contribution in [0.3, 0.4) is 0 Å². The summed E-state index contributed by atoms with van der Waals surface area (Å²) in [5.41, 5.74) is 1.02. The Morgan fingerprint density at radius 1 is 1.50 bits per heavy atom. The molecule has 0 aliphatic carbocycles. The summed E-state index contributed by atoms with van der Waals surface area (Å²) in [7, 11) is 6.05. The predicted octanol–water partition coefficient (Wildman–Crippen LogP) is 0.312. The molecule has 1 amide bonds. The molecule has 1 N–H and O–H groups in total. The molecule has 0 unspecified atom stereocenters. The van der Waals surface area contributed by atoms with Crippen LogP contribution < -0.4 is 0 Å². The largest absolute Gasteiger partial charge is 0.345 e. The number of aryl methyl sites for hydroxylation is 1. The summed E-state index contributed by atoms with van der Waals surface area (Å²) < 4.78 is 0. The van der Waals surface area contributed by atoms with Crippen molar-refractivity contribution in [3.63, 3.8) is 0 Å². The maximum absolute atomic E-state index is 12.3. The lowest BCUT2D eigenvalue weighted by Gasteiger charge is -2.37. The predicted molar refractivity (Wildman–Crippen MR) is 78.3 cm³/mol. The molecule has 0 aromatic carbocycles. The van der Waals surface area contributed by atoms with Gasteiger partial charge in [0.05, 0.1) is 6.54 Å². The van der Waals surface area contributed by atoms with E-state index in [0.717, 1.165) is 31.2 Å². The topological polar surface area (TPSA) is 55.5 Å². The standard InChI is InChI=1S/C14H25N5O/c1-11-8-15-13(16-11)10-19(4)14(20)7-12-9-17(2)5-6-18(12)3/h8,12H,5-7,9-10H2,1-4H3,(H,15,16)/t12-/m1/s1. The number of hydrogen-bond donors (Lipinski definition) is 1. The van der Waals surface area contributed by atoms with Crippen molar-refractivity contribution in [3.05, 3.63) is 17.7 Å². The minimum absolute atomic E-state index is 0.172. The number of hydrogen-bond acceptors (Lipinski definition) is 4. The summed E-state index contributed by atoms with van der Waals surface area (Å²) in [5.74, 6) is 1.01. The fraction of sp³-hybridized carbons (Fsp3) is 0.714. The van der Waals surface area contributed by atoms with Crippen molar-refractivity contribution in [1.82, 2.24) is 24.7 Å². The van der Waals surface area contributed by atoms with Gasteiger partial charge in [-0.05, 0) is 21.0 Å². The highest BCUT2D eigenvalue weighted by molar-refractivity contribution is 5.76. The molecule has 20 heavy (non-hydrogen) atoms. The Morgan fingerprint density at radius 3 is 2.90 bits per heavy atom. The lowest BCUT2D eigenvalue weighted by atomic mass is 10.1. The minimum Gasteiger partial charge on any atom is -0.345 e. The molecular weight excluding hydrogens is 254 g/mol. The van der Waals surface area contributed by atoms with Crippen molar-refractivity contribution >= 4 is 5.91 Å². The molecule has 1 aromatic rings. The van der Waals surface area contributed by atoms with Gasteiger partial charge in [0.2, 0.25) is 5.91 Å². The highest BCUT2D eigenvalue weighted by atomic mass is 16.2. The summed E-state index contributed by atoms with van der Waals surface area (Å²) in [5, 5.41) is 0. The first-order valence-electron chi connectivity index (χ1n) is 7.09. The third kappa shape index (κ3) is 3.80. The molecule has 1 aliphatic rings. The summed E-state index contributed by atoms with van der Waals surface area (Å²) >= 11 is 0. The van der Waals surface area contributed by atoms with Crippen LogP contribution in [0.1, 0.15) is 17.9 Å². The summed E-state index contributed by atoms with van der Waals surface area (Å²) in [4.78, 5) is 26.0. The normalized spacial score (nSPS) is 21.1. The molecule has 1 fully saturated rings. The van der Waals surface area contributed by atoms with Crippen LogP contribution in [0.2, 0.25) is 0 Å². The van der Waals surface area contributed by atoms with Gasteiger partial charge in [-0.15, -0.1) is 0 Å². The minimum atomic E-state index is 0.172. The first kappa shape index (κ1) is 15.0. The molecule has 1 aliphatic heterocycles. The van der Waals surface area contributed by atoms with E-state index in [-0.39, 0.29) is 5.91 Å². The lowest BCUT2D eigenvalue weighted by Crippen LogP contribution is -2.51. The second-order valence-electron chi connectivity index (χ2n) is 5.86. The first-order valence-corrected chi connectivity index (χ1v) is 7.09. The fourth-order valence-corrected chi connectivity index (χ4v) is 2.54. The van der Waals surface area contributed by atoms with Crippen molar-refractivity contribution < 1.29 is 4.79 Å². The molecule has 1 saturated heterocycles. The van der Waals surface area contributed by atoms with Crippen LogP contribution in [0.15, 0.2) is 6.20 Å². The Balaban J connectivity index is 1.87. The van der Waals surface area contributed by atoms with Gasteiger partial charge in [0.25, 0.3) is 0 Å². The Labute approximate surface area is 120 Å². The van der Waals surface area contributed by atoms with Gasteiger partial charge in [-0.2, -0.15) is 0 Å². The van der Waals surface area contributed by atoms with Gasteiger partial charge in [-0.3, -0.25) is 4.79 Å². The number of aromatic nitrogens is 2. The van der Waals surface area contributed by atoms with Crippen molar-refractivity contribution in [3.8, 4) is 0 Å². The third-order valence-corrected chi connectivity index (χ3v) is 3.96. The van der Waals surface area contributed by atoms with Gasteiger partial charge in [0, 0.05) is 51.0 Å². The van der Waals surface area contributed by atoms with Crippen molar-refractivity contribution in [2.45, 2.75) is 25.9 Å². The summed E-state index contributed by atoms with van der Waals surface area (Å²) in [6, 6.07) is 0.307. The van der Waals surface area contributed by atoms with E-state index in [1.54, 1.807) is 11.1 Å². The second-order valence-corrected chi connectivity index (χ2v) is 5.86. The number of piperazine rings is 1.